The molecule has 0 aliphatic rings. The molecule has 0 spiro atoms. The largest absolute Gasteiger partial charge is 0.480 e. The van der Waals surface area contributed by atoms with Crippen LogP contribution in [0.15, 0.2) is 0 Å². The minimum Gasteiger partial charge on any atom is -0.480 e. The number of rotatable bonds is 9. The first-order valence-electron chi connectivity index (χ1n) is 6.16. The van der Waals surface area contributed by atoms with Crippen LogP contribution in [0.1, 0.15) is 19.8 Å². The molecule has 0 aromatic carbocycles. The first-order chi connectivity index (χ1) is 9.36. The Hall–Kier alpha value is -2.32. The number of carboxylic acids is 1. The highest BCUT2D eigenvalue weighted by Crippen LogP contribution is 1.95. The van der Waals surface area contributed by atoms with Crippen molar-refractivity contribution in [2.75, 3.05) is 26.2 Å². The number of carbonyl (C=O) groups is 4. The molecule has 0 fully saturated rings. The van der Waals surface area contributed by atoms with Crippen molar-refractivity contribution in [3.05, 3.63) is 0 Å². The monoisotopic (exact) mass is 288 g/mol. The average molecular weight is 288 g/mol. The van der Waals surface area contributed by atoms with E-state index in [9.17, 15) is 19.2 Å². The summed E-state index contributed by atoms with van der Waals surface area (Å²) in [5.41, 5.74) is 5.03. The molecular formula is C11H20N4O5. The highest BCUT2D eigenvalue weighted by Gasteiger charge is 2.16. The Bertz CT molecular complexity index is 372. The van der Waals surface area contributed by atoms with E-state index >= 15 is 0 Å². The fourth-order valence-corrected chi connectivity index (χ4v) is 1.29. The summed E-state index contributed by atoms with van der Waals surface area (Å²) in [7, 11) is 0. The number of primary amides is 1. The number of carbonyl (C=O) groups excluding carboxylic acids is 3. The van der Waals surface area contributed by atoms with Gasteiger partial charge in [0, 0.05) is 6.54 Å². The molecular weight excluding hydrogens is 268 g/mol. The molecule has 0 saturated heterocycles. The molecule has 0 aromatic heterocycles. The van der Waals surface area contributed by atoms with Gasteiger partial charge in [0.15, 0.2) is 0 Å². The van der Waals surface area contributed by atoms with Crippen LogP contribution in [0.5, 0.6) is 0 Å². The standard InChI is InChI=1S/C11H20N4O5/c1-2-3-4-15(7-8(12)16)11(20)14-5-9(17)13-6-10(18)19/h2-7H2,1H3,(H2,12,16)(H,13,17)(H,14,20)(H,18,19). The maximum atomic E-state index is 11.7. The molecule has 0 radical (unpaired) electrons. The molecule has 0 atom stereocenters. The van der Waals surface area contributed by atoms with Gasteiger partial charge in [0.05, 0.1) is 6.54 Å². The van der Waals surface area contributed by atoms with Crippen molar-refractivity contribution in [2.24, 2.45) is 5.73 Å². The predicted octanol–water partition coefficient (Wildman–Crippen LogP) is -1.52. The zero-order valence-corrected chi connectivity index (χ0v) is 11.3. The van der Waals surface area contributed by atoms with E-state index in [-0.39, 0.29) is 13.1 Å². The van der Waals surface area contributed by atoms with Crippen molar-refractivity contribution in [3.63, 3.8) is 0 Å². The number of nitrogens with one attached hydrogen (secondary N) is 2. The second-order valence-corrected chi connectivity index (χ2v) is 4.07. The van der Waals surface area contributed by atoms with Crippen molar-refractivity contribution < 1.29 is 24.3 Å². The summed E-state index contributed by atoms with van der Waals surface area (Å²) in [4.78, 5) is 45.2. The van der Waals surface area contributed by atoms with Crippen LogP contribution < -0.4 is 16.4 Å². The average Bonchev–Trinajstić information content (AvgIpc) is 2.37. The lowest BCUT2D eigenvalue weighted by Crippen LogP contribution is -2.47. The number of hydrogen-bond acceptors (Lipinski definition) is 4. The van der Waals surface area contributed by atoms with Crippen LogP contribution in [0.3, 0.4) is 0 Å². The number of aliphatic carboxylic acids is 1. The number of hydrogen-bond donors (Lipinski definition) is 4. The van der Waals surface area contributed by atoms with Gasteiger partial charge < -0.3 is 26.4 Å². The van der Waals surface area contributed by atoms with Crippen LogP contribution in [0.2, 0.25) is 0 Å². The summed E-state index contributed by atoms with van der Waals surface area (Å²) in [6, 6.07) is -0.595. The molecule has 114 valence electrons. The van der Waals surface area contributed by atoms with Gasteiger partial charge in [-0.2, -0.15) is 0 Å². The van der Waals surface area contributed by atoms with Gasteiger partial charge in [0.1, 0.15) is 13.1 Å². The third-order valence-electron chi connectivity index (χ3n) is 2.25. The smallest absolute Gasteiger partial charge is 0.322 e. The van der Waals surface area contributed by atoms with Crippen LogP contribution in [0, 0.1) is 0 Å². The van der Waals surface area contributed by atoms with Crippen LogP contribution in [-0.2, 0) is 14.4 Å². The maximum absolute atomic E-state index is 11.7. The van der Waals surface area contributed by atoms with Gasteiger partial charge in [0.25, 0.3) is 0 Å². The molecule has 9 nitrogen and oxygen atoms in total. The minimum absolute atomic E-state index is 0.234. The molecule has 0 aromatic rings. The molecule has 5 N–H and O–H groups in total. The topological polar surface area (TPSA) is 142 Å². The van der Waals surface area contributed by atoms with Crippen LogP contribution in [-0.4, -0.2) is 60.0 Å². The van der Waals surface area contributed by atoms with E-state index in [1.54, 1.807) is 0 Å². The van der Waals surface area contributed by atoms with E-state index in [2.05, 4.69) is 10.6 Å². The van der Waals surface area contributed by atoms with Gasteiger partial charge in [0.2, 0.25) is 11.8 Å². The van der Waals surface area contributed by atoms with Gasteiger partial charge in [-0.25, -0.2) is 4.79 Å². The lowest BCUT2D eigenvalue weighted by Gasteiger charge is -2.21. The summed E-state index contributed by atoms with van der Waals surface area (Å²) < 4.78 is 0. The minimum atomic E-state index is -1.18. The van der Waals surface area contributed by atoms with Crippen LogP contribution in [0.4, 0.5) is 4.79 Å². The molecule has 0 aliphatic carbocycles. The highest BCUT2D eigenvalue weighted by molar-refractivity contribution is 5.87. The fraction of sp³-hybridized carbons (Fsp3) is 0.636. The number of amides is 4. The summed E-state index contributed by atoms with van der Waals surface area (Å²) in [5.74, 6) is -2.45. The summed E-state index contributed by atoms with van der Waals surface area (Å²) in [5, 5.41) is 12.8. The Morgan fingerprint density at radius 3 is 2.30 bits per heavy atom. The predicted molar refractivity (Wildman–Crippen MR) is 69.7 cm³/mol. The highest BCUT2D eigenvalue weighted by atomic mass is 16.4. The second-order valence-electron chi connectivity index (χ2n) is 4.07. The Kier molecular flexibility index (Phi) is 8.48. The summed E-state index contributed by atoms with van der Waals surface area (Å²) in [6.45, 7) is 1.16. The molecule has 0 aliphatic heterocycles. The third-order valence-corrected chi connectivity index (χ3v) is 2.25. The van der Waals surface area contributed by atoms with E-state index in [0.29, 0.717) is 13.0 Å². The molecule has 20 heavy (non-hydrogen) atoms. The van der Waals surface area contributed by atoms with Gasteiger partial charge >= 0.3 is 12.0 Å². The fourth-order valence-electron chi connectivity index (χ4n) is 1.29. The molecule has 4 amide bonds. The number of nitrogens with zero attached hydrogens (tertiary/aromatic N) is 1. The van der Waals surface area contributed by atoms with E-state index in [1.807, 2.05) is 6.92 Å². The number of urea groups is 1. The molecule has 9 heteroatoms. The van der Waals surface area contributed by atoms with E-state index in [0.717, 1.165) is 6.42 Å². The molecule has 0 heterocycles. The van der Waals surface area contributed by atoms with Crippen LogP contribution in [0.25, 0.3) is 0 Å². The van der Waals surface area contributed by atoms with E-state index in [1.165, 1.54) is 4.90 Å². The molecule has 0 saturated carbocycles. The SMILES string of the molecule is CCCCN(CC(N)=O)C(=O)NCC(=O)NCC(=O)O. The first-order valence-corrected chi connectivity index (χ1v) is 6.16. The molecule has 0 rings (SSSR count). The quantitative estimate of drug-likeness (QED) is 0.408. The maximum Gasteiger partial charge on any atom is 0.322 e. The first kappa shape index (κ1) is 17.7. The van der Waals surface area contributed by atoms with Crippen molar-refractivity contribution in [2.45, 2.75) is 19.8 Å². The van der Waals surface area contributed by atoms with Crippen molar-refractivity contribution in [3.8, 4) is 0 Å². The Morgan fingerprint density at radius 1 is 1.15 bits per heavy atom. The van der Waals surface area contributed by atoms with E-state index in [4.69, 9.17) is 10.8 Å². The lowest BCUT2D eigenvalue weighted by molar-refractivity contribution is -0.137. The van der Waals surface area contributed by atoms with Crippen molar-refractivity contribution in [1.82, 2.24) is 15.5 Å². The van der Waals surface area contributed by atoms with Gasteiger partial charge in [-0.1, -0.05) is 13.3 Å². The number of unbranched alkanes of at least 4 members (excludes halogenated alkanes) is 1. The number of nitrogens with two attached hydrogens (primary N) is 1. The van der Waals surface area contributed by atoms with Crippen LogP contribution >= 0.6 is 0 Å². The summed E-state index contributed by atoms with van der Waals surface area (Å²) in [6.07, 6.45) is 1.54. The third kappa shape index (κ3) is 8.72. The lowest BCUT2D eigenvalue weighted by atomic mass is 10.3. The Labute approximate surface area is 116 Å². The van der Waals surface area contributed by atoms with Crippen molar-refractivity contribution >= 4 is 23.8 Å². The van der Waals surface area contributed by atoms with Crippen molar-refractivity contribution in [1.29, 1.82) is 0 Å². The zero-order chi connectivity index (χ0) is 15.5. The number of carboxylic acid groups (broad SMARTS) is 1. The molecule has 0 bridgehead atoms. The normalized spacial score (nSPS) is 9.65. The Balaban J connectivity index is 4.20. The second kappa shape index (κ2) is 9.59. The zero-order valence-electron chi connectivity index (χ0n) is 11.3. The summed E-state index contributed by atoms with van der Waals surface area (Å²) >= 11 is 0. The van der Waals surface area contributed by atoms with Gasteiger partial charge in [-0.15, -0.1) is 0 Å². The molecule has 0 unspecified atom stereocenters. The van der Waals surface area contributed by atoms with Gasteiger partial charge in [-0.05, 0) is 6.42 Å². The van der Waals surface area contributed by atoms with Gasteiger partial charge in [-0.3, -0.25) is 14.4 Å². The Morgan fingerprint density at radius 2 is 1.80 bits per heavy atom. The van der Waals surface area contributed by atoms with E-state index < -0.39 is 30.4 Å².